The number of thiophene rings is 1. The van der Waals surface area contributed by atoms with E-state index in [2.05, 4.69) is 27.0 Å². The maximum atomic E-state index is 11.9. The molecule has 1 saturated heterocycles. The minimum absolute atomic E-state index is 0.136. The molecule has 6 nitrogen and oxygen atoms in total. The van der Waals surface area contributed by atoms with Crippen molar-refractivity contribution in [2.24, 2.45) is 0 Å². The summed E-state index contributed by atoms with van der Waals surface area (Å²) in [6.45, 7) is 3.26. The zero-order valence-electron chi connectivity index (χ0n) is 13.5. The summed E-state index contributed by atoms with van der Waals surface area (Å²) in [5.74, 6) is -1.19. The summed E-state index contributed by atoms with van der Waals surface area (Å²) in [7, 11) is 1.55. The lowest BCUT2D eigenvalue weighted by molar-refractivity contribution is -0.139. The molecule has 23 heavy (non-hydrogen) atoms. The third kappa shape index (κ3) is 5.60. The summed E-state index contributed by atoms with van der Waals surface area (Å²) in [5.41, 5.74) is 1.21. The zero-order chi connectivity index (χ0) is 16.5. The summed E-state index contributed by atoms with van der Waals surface area (Å²) in [5, 5.41) is 9.46. The predicted octanol–water partition coefficient (Wildman–Crippen LogP) is 1.15. The molecule has 1 aromatic rings. The monoisotopic (exact) mass is 339 g/mol. The molecule has 1 unspecified atom stereocenters. The summed E-state index contributed by atoms with van der Waals surface area (Å²) >= 11 is 1.65. The summed E-state index contributed by atoms with van der Waals surface area (Å²) in [4.78, 5) is 26.0. The van der Waals surface area contributed by atoms with E-state index in [9.17, 15) is 9.59 Å². The number of ether oxygens (including phenoxy) is 1. The minimum Gasteiger partial charge on any atom is -0.383 e. The second-order valence-electron chi connectivity index (χ2n) is 5.63. The largest absolute Gasteiger partial charge is 0.383 e. The molecule has 0 spiro atoms. The SMILES string of the molecule is COCCNC(=O)C(=O)NCC(c1ccsc1)N1CCCCC1. The Morgan fingerprint density at radius 3 is 2.65 bits per heavy atom. The van der Waals surface area contributed by atoms with E-state index >= 15 is 0 Å². The molecule has 1 aromatic heterocycles. The van der Waals surface area contributed by atoms with Gasteiger partial charge in [0.1, 0.15) is 0 Å². The molecule has 2 amide bonds. The maximum Gasteiger partial charge on any atom is 0.309 e. The van der Waals surface area contributed by atoms with Gasteiger partial charge < -0.3 is 15.4 Å². The van der Waals surface area contributed by atoms with Crippen LogP contribution in [0.4, 0.5) is 0 Å². The summed E-state index contributed by atoms with van der Waals surface area (Å²) in [6, 6.07) is 2.23. The number of carbonyl (C=O) groups excluding carboxylic acids is 2. The van der Waals surface area contributed by atoms with E-state index < -0.39 is 11.8 Å². The molecule has 0 saturated carbocycles. The van der Waals surface area contributed by atoms with E-state index in [1.807, 2.05) is 5.38 Å². The number of likely N-dealkylation sites (tertiary alicyclic amines) is 1. The molecule has 1 fully saturated rings. The number of carbonyl (C=O) groups is 2. The van der Waals surface area contributed by atoms with Gasteiger partial charge in [-0.05, 0) is 48.3 Å². The molecule has 128 valence electrons. The smallest absolute Gasteiger partial charge is 0.309 e. The summed E-state index contributed by atoms with van der Waals surface area (Å²) in [6.07, 6.45) is 3.64. The van der Waals surface area contributed by atoms with Gasteiger partial charge in [-0.15, -0.1) is 0 Å². The van der Waals surface area contributed by atoms with E-state index in [-0.39, 0.29) is 6.04 Å². The van der Waals surface area contributed by atoms with E-state index in [1.54, 1.807) is 18.4 Å². The highest BCUT2D eigenvalue weighted by Gasteiger charge is 2.24. The van der Waals surface area contributed by atoms with Crippen molar-refractivity contribution in [3.63, 3.8) is 0 Å². The van der Waals surface area contributed by atoms with Gasteiger partial charge in [0.05, 0.1) is 12.6 Å². The Morgan fingerprint density at radius 2 is 2.00 bits per heavy atom. The van der Waals surface area contributed by atoms with Crippen LogP contribution in [-0.2, 0) is 14.3 Å². The highest BCUT2D eigenvalue weighted by atomic mass is 32.1. The molecule has 7 heteroatoms. The molecule has 0 aliphatic carbocycles. The molecule has 1 aliphatic rings. The Labute approximate surface area is 141 Å². The van der Waals surface area contributed by atoms with Crippen LogP contribution in [0.2, 0.25) is 0 Å². The van der Waals surface area contributed by atoms with Crippen LogP contribution in [0, 0.1) is 0 Å². The van der Waals surface area contributed by atoms with Crippen molar-refractivity contribution in [2.75, 3.05) is 39.9 Å². The van der Waals surface area contributed by atoms with Gasteiger partial charge in [-0.2, -0.15) is 11.3 Å². The third-order valence-electron chi connectivity index (χ3n) is 4.01. The molecular weight excluding hydrogens is 314 g/mol. The average molecular weight is 339 g/mol. The van der Waals surface area contributed by atoms with Gasteiger partial charge in [0, 0.05) is 20.2 Å². The fourth-order valence-electron chi connectivity index (χ4n) is 2.77. The first-order valence-electron chi connectivity index (χ1n) is 8.03. The lowest BCUT2D eigenvalue weighted by Gasteiger charge is -2.34. The maximum absolute atomic E-state index is 11.9. The third-order valence-corrected chi connectivity index (χ3v) is 4.71. The predicted molar refractivity (Wildman–Crippen MR) is 90.4 cm³/mol. The number of rotatable bonds is 7. The van der Waals surface area contributed by atoms with Crippen molar-refractivity contribution < 1.29 is 14.3 Å². The first-order chi connectivity index (χ1) is 11.2. The topological polar surface area (TPSA) is 70.7 Å². The van der Waals surface area contributed by atoms with Gasteiger partial charge in [0.25, 0.3) is 0 Å². The highest BCUT2D eigenvalue weighted by molar-refractivity contribution is 7.07. The number of nitrogens with zero attached hydrogens (tertiary/aromatic N) is 1. The van der Waals surface area contributed by atoms with Crippen LogP contribution in [-0.4, -0.2) is 56.6 Å². The highest BCUT2D eigenvalue weighted by Crippen LogP contribution is 2.25. The molecule has 1 aliphatic heterocycles. The van der Waals surface area contributed by atoms with Gasteiger partial charge in [-0.3, -0.25) is 14.5 Å². The Kier molecular flexibility index (Phi) is 7.51. The number of hydrogen-bond donors (Lipinski definition) is 2. The number of hydrogen-bond acceptors (Lipinski definition) is 5. The van der Waals surface area contributed by atoms with Gasteiger partial charge in [0.2, 0.25) is 0 Å². The molecule has 1 atom stereocenters. The lowest BCUT2D eigenvalue weighted by Crippen LogP contribution is -2.45. The fourth-order valence-corrected chi connectivity index (χ4v) is 3.48. The Bertz CT molecular complexity index is 487. The van der Waals surface area contributed by atoms with Crippen molar-refractivity contribution in [3.8, 4) is 0 Å². The Morgan fingerprint density at radius 1 is 1.26 bits per heavy atom. The van der Waals surface area contributed by atoms with Crippen LogP contribution < -0.4 is 10.6 Å². The molecule has 2 N–H and O–H groups in total. The van der Waals surface area contributed by atoms with Crippen molar-refractivity contribution in [1.82, 2.24) is 15.5 Å². The standard InChI is InChI=1S/C16H25N3O3S/c1-22-9-6-17-15(20)16(21)18-11-14(13-5-10-23-12-13)19-7-3-2-4-8-19/h5,10,12,14H,2-4,6-9,11H2,1H3,(H,17,20)(H,18,21). The zero-order valence-corrected chi connectivity index (χ0v) is 14.4. The van der Waals surface area contributed by atoms with Crippen LogP contribution in [0.25, 0.3) is 0 Å². The summed E-state index contributed by atoms with van der Waals surface area (Å²) < 4.78 is 4.85. The Balaban J connectivity index is 1.88. The fraction of sp³-hybridized carbons (Fsp3) is 0.625. The first kappa shape index (κ1) is 17.9. The quantitative estimate of drug-likeness (QED) is 0.578. The van der Waals surface area contributed by atoms with Crippen LogP contribution in [0.5, 0.6) is 0 Å². The molecule has 2 heterocycles. The van der Waals surface area contributed by atoms with E-state index in [1.165, 1.54) is 24.8 Å². The van der Waals surface area contributed by atoms with Gasteiger partial charge in [0.15, 0.2) is 0 Å². The first-order valence-corrected chi connectivity index (χ1v) is 8.97. The number of amides is 2. The van der Waals surface area contributed by atoms with Crippen molar-refractivity contribution in [2.45, 2.75) is 25.3 Å². The average Bonchev–Trinajstić information content (AvgIpc) is 3.10. The lowest BCUT2D eigenvalue weighted by atomic mass is 10.0. The number of piperidine rings is 1. The van der Waals surface area contributed by atoms with Gasteiger partial charge in [-0.25, -0.2) is 0 Å². The Hall–Kier alpha value is -1.44. The molecule has 0 bridgehead atoms. The van der Waals surface area contributed by atoms with Gasteiger partial charge in [-0.1, -0.05) is 6.42 Å². The van der Waals surface area contributed by atoms with E-state index in [0.29, 0.717) is 19.7 Å². The minimum atomic E-state index is -0.607. The normalized spacial score (nSPS) is 16.7. The second-order valence-corrected chi connectivity index (χ2v) is 6.41. The van der Waals surface area contributed by atoms with Gasteiger partial charge >= 0.3 is 11.8 Å². The van der Waals surface area contributed by atoms with Crippen LogP contribution in [0.3, 0.4) is 0 Å². The molecule has 0 aromatic carbocycles. The van der Waals surface area contributed by atoms with Crippen LogP contribution in [0.1, 0.15) is 30.9 Å². The molecule has 0 radical (unpaired) electrons. The van der Waals surface area contributed by atoms with Crippen LogP contribution >= 0.6 is 11.3 Å². The van der Waals surface area contributed by atoms with E-state index in [4.69, 9.17) is 4.74 Å². The molecular formula is C16H25N3O3S. The van der Waals surface area contributed by atoms with Crippen molar-refractivity contribution >= 4 is 23.2 Å². The van der Waals surface area contributed by atoms with Crippen LogP contribution in [0.15, 0.2) is 16.8 Å². The van der Waals surface area contributed by atoms with Crippen molar-refractivity contribution in [3.05, 3.63) is 22.4 Å². The second kappa shape index (κ2) is 9.64. The van der Waals surface area contributed by atoms with E-state index in [0.717, 1.165) is 13.1 Å². The van der Waals surface area contributed by atoms with Crippen molar-refractivity contribution in [1.29, 1.82) is 0 Å². The number of methoxy groups -OCH3 is 1. The number of nitrogens with one attached hydrogen (secondary N) is 2. The molecule has 2 rings (SSSR count).